The maximum Gasteiger partial charge on any atom is 0.270 e. The van der Waals surface area contributed by atoms with E-state index in [0.717, 1.165) is 5.39 Å². The number of phenolic OH excluding ortho intramolecular Hbond substituents is 1. The SMILES string of the molecule is CC1(C)Oc2ccc(Cl)cc2N(CCC(=O)Nc2cccc3c(O)cccc23)C1=O. The van der Waals surface area contributed by atoms with Gasteiger partial charge in [0.2, 0.25) is 5.91 Å². The Hall–Kier alpha value is -3.25. The summed E-state index contributed by atoms with van der Waals surface area (Å²) in [6.45, 7) is 3.58. The van der Waals surface area contributed by atoms with E-state index < -0.39 is 5.60 Å². The van der Waals surface area contributed by atoms with Gasteiger partial charge in [-0.3, -0.25) is 9.59 Å². The second kappa shape index (κ2) is 7.54. The Morgan fingerprint density at radius 3 is 2.67 bits per heavy atom. The number of nitrogens with zero attached hydrogens (tertiary/aromatic N) is 1. The van der Waals surface area contributed by atoms with Crippen LogP contribution in [-0.4, -0.2) is 29.1 Å². The van der Waals surface area contributed by atoms with Crippen molar-refractivity contribution >= 4 is 45.6 Å². The molecule has 0 saturated carbocycles. The number of fused-ring (bicyclic) bond motifs is 2. The lowest BCUT2D eigenvalue weighted by Crippen LogP contribution is -2.53. The number of phenols is 1. The highest BCUT2D eigenvalue weighted by molar-refractivity contribution is 6.31. The summed E-state index contributed by atoms with van der Waals surface area (Å²) < 4.78 is 5.80. The molecule has 1 aliphatic rings. The number of amides is 2. The molecule has 0 bridgehead atoms. The van der Waals surface area contributed by atoms with Gasteiger partial charge in [0.05, 0.1) is 5.69 Å². The number of carbonyl (C=O) groups excluding carboxylic acids is 2. The number of anilines is 2. The van der Waals surface area contributed by atoms with Gasteiger partial charge in [-0.1, -0.05) is 35.9 Å². The quantitative estimate of drug-likeness (QED) is 0.634. The number of nitrogens with one attached hydrogen (secondary N) is 1. The molecule has 1 heterocycles. The van der Waals surface area contributed by atoms with Crippen LogP contribution in [0.3, 0.4) is 0 Å². The first kappa shape index (κ1) is 20.0. The second-order valence-electron chi connectivity index (χ2n) is 7.66. The van der Waals surface area contributed by atoms with E-state index >= 15 is 0 Å². The molecule has 2 amide bonds. The summed E-state index contributed by atoms with van der Waals surface area (Å²) in [5, 5.41) is 14.8. The fourth-order valence-corrected chi connectivity index (χ4v) is 3.76. The molecule has 2 N–H and O–H groups in total. The summed E-state index contributed by atoms with van der Waals surface area (Å²) in [6, 6.07) is 15.6. The van der Waals surface area contributed by atoms with E-state index in [9.17, 15) is 14.7 Å². The van der Waals surface area contributed by atoms with Crippen LogP contribution in [-0.2, 0) is 9.59 Å². The van der Waals surface area contributed by atoms with Gasteiger partial charge in [0.15, 0.2) is 5.60 Å². The maximum atomic E-state index is 12.9. The van der Waals surface area contributed by atoms with Crippen LogP contribution in [0.4, 0.5) is 11.4 Å². The first-order chi connectivity index (χ1) is 14.3. The summed E-state index contributed by atoms with van der Waals surface area (Å²) in [6.07, 6.45) is 0.0863. The molecule has 0 fully saturated rings. The average molecular weight is 425 g/mol. The van der Waals surface area contributed by atoms with Crippen LogP contribution >= 0.6 is 11.6 Å². The molecule has 3 aromatic rings. The lowest BCUT2D eigenvalue weighted by atomic mass is 10.0. The molecule has 0 atom stereocenters. The molecular weight excluding hydrogens is 404 g/mol. The van der Waals surface area contributed by atoms with Crippen molar-refractivity contribution in [3.8, 4) is 11.5 Å². The van der Waals surface area contributed by atoms with Crippen molar-refractivity contribution < 1.29 is 19.4 Å². The molecule has 7 heteroatoms. The van der Waals surface area contributed by atoms with E-state index in [4.69, 9.17) is 16.3 Å². The fraction of sp³-hybridized carbons (Fsp3) is 0.217. The Morgan fingerprint density at radius 1 is 1.13 bits per heavy atom. The summed E-state index contributed by atoms with van der Waals surface area (Å²) >= 11 is 6.11. The molecule has 1 aliphatic heterocycles. The van der Waals surface area contributed by atoms with Gasteiger partial charge < -0.3 is 20.1 Å². The number of benzene rings is 3. The lowest BCUT2D eigenvalue weighted by Gasteiger charge is -2.38. The van der Waals surface area contributed by atoms with Crippen LogP contribution in [0.2, 0.25) is 5.02 Å². The van der Waals surface area contributed by atoms with Crippen molar-refractivity contribution in [1.82, 2.24) is 0 Å². The molecule has 0 aromatic heterocycles. The van der Waals surface area contributed by atoms with Gasteiger partial charge in [-0.15, -0.1) is 0 Å². The zero-order valence-corrected chi connectivity index (χ0v) is 17.4. The molecule has 3 aromatic carbocycles. The van der Waals surface area contributed by atoms with Crippen molar-refractivity contribution in [2.24, 2.45) is 0 Å². The van der Waals surface area contributed by atoms with Crippen LogP contribution < -0.4 is 15.0 Å². The molecule has 6 nitrogen and oxygen atoms in total. The van der Waals surface area contributed by atoms with Crippen molar-refractivity contribution in [3.05, 3.63) is 59.6 Å². The second-order valence-corrected chi connectivity index (χ2v) is 8.09. The zero-order chi connectivity index (χ0) is 21.5. The van der Waals surface area contributed by atoms with Gasteiger partial charge >= 0.3 is 0 Å². The molecule has 0 saturated heterocycles. The number of rotatable bonds is 4. The third-order valence-corrected chi connectivity index (χ3v) is 5.31. The number of hydrogen-bond acceptors (Lipinski definition) is 4. The third kappa shape index (κ3) is 3.66. The molecule has 0 unspecified atom stereocenters. The predicted octanol–water partition coefficient (Wildman–Crippen LogP) is 4.73. The van der Waals surface area contributed by atoms with Crippen LogP contribution in [0.5, 0.6) is 11.5 Å². The minimum Gasteiger partial charge on any atom is -0.507 e. The maximum absolute atomic E-state index is 12.9. The molecular formula is C23H21ClN2O4. The van der Waals surface area contributed by atoms with Gasteiger partial charge in [0, 0.05) is 34.4 Å². The Labute approximate surface area is 179 Å². The molecule has 154 valence electrons. The van der Waals surface area contributed by atoms with Crippen LogP contribution in [0, 0.1) is 0 Å². The normalized spacial score (nSPS) is 14.9. The number of halogens is 1. The highest BCUT2D eigenvalue weighted by atomic mass is 35.5. The average Bonchev–Trinajstić information content (AvgIpc) is 2.70. The van der Waals surface area contributed by atoms with E-state index in [0.29, 0.717) is 27.5 Å². The first-order valence-electron chi connectivity index (χ1n) is 9.57. The minimum atomic E-state index is -1.04. The third-order valence-electron chi connectivity index (χ3n) is 5.07. The molecule has 0 spiro atoms. The lowest BCUT2D eigenvalue weighted by molar-refractivity contribution is -0.132. The standard InChI is InChI=1S/C23H21ClN2O4/c1-23(2)22(29)26(18-13-14(24)9-10-20(18)30-23)12-11-21(28)25-17-7-3-6-16-15(17)5-4-8-19(16)27/h3-10,13,27H,11-12H2,1-2H3,(H,25,28). The monoisotopic (exact) mass is 424 g/mol. The Bertz CT molecular complexity index is 1160. The van der Waals surface area contributed by atoms with Crippen LogP contribution in [0.1, 0.15) is 20.3 Å². The highest BCUT2D eigenvalue weighted by Crippen LogP contribution is 2.39. The topological polar surface area (TPSA) is 78.9 Å². The molecule has 4 rings (SSSR count). The van der Waals surface area contributed by atoms with E-state index in [1.54, 1.807) is 67.3 Å². The zero-order valence-electron chi connectivity index (χ0n) is 16.6. The van der Waals surface area contributed by atoms with Gasteiger partial charge in [0.1, 0.15) is 11.5 Å². The number of carbonyl (C=O) groups is 2. The summed E-state index contributed by atoms with van der Waals surface area (Å²) in [5.74, 6) is 0.221. The van der Waals surface area contributed by atoms with Gasteiger partial charge in [0.25, 0.3) is 5.91 Å². The van der Waals surface area contributed by atoms with E-state index in [1.165, 1.54) is 0 Å². The van der Waals surface area contributed by atoms with Gasteiger partial charge in [-0.05, 0) is 44.2 Å². The largest absolute Gasteiger partial charge is 0.507 e. The highest BCUT2D eigenvalue weighted by Gasteiger charge is 2.40. The number of ether oxygens (including phenoxy) is 1. The van der Waals surface area contributed by atoms with Gasteiger partial charge in [-0.2, -0.15) is 0 Å². The molecule has 0 radical (unpaired) electrons. The summed E-state index contributed by atoms with van der Waals surface area (Å²) in [7, 11) is 0. The Kier molecular flexibility index (Phi) is 5.03. The van der Waals surface area contributed by atoms with Crippen molar-refractivity contribution in [2.75, 3.05) is 16.8 Å². The smallest absolute Gasteiger partial charge is 0.270 e. The van der Waals surface area contributed by atoms with E-state index in [2.05, 4.69) is 5.32 Å². The predicted molar refractivity (Wildman–Crippen MR) is 117 cm³/mol. The molecule has 0 aliphatic carbocycles. The van der Waals surface area contributed by atoms with E-state index in [1.807, 2.05) is 6.07 Å². The molecule has 30 heavy (non-hydrogen) atoms. The summed E-state index contributed by atoms with van der Waals surface area (Å²) in [4.78, 5) is 27.1. The Balaban J connectivity index is 1.54. The Morgan fingerprint density at radius 2 is 1.87 bits per heavy atom. The summed E-state index contributed by atoms with van der Waals surface area (Å²) in [5.41, 5.74) is 0.116. The van der Waals surface area contributed by atoms with Gasteiger partial charge in [-0.25, -0.2) is 0 Å². The van der Waals surface area contributed by atoms with Crippen LogP contribution in [0.15, 0.2) is 54.6 Å². The van der Waals surface area contributed by atoms with Crippen molar-refractivity contribution in [1.29, 1.82) is 0 Å². The first-order valence-corrected chi connectivity index (χ1v) is 9.95. The number of aromatic hydroxyl groups is 1. The van der Waals surface area contributed by atoms with Crippen LogP contribution in [0.25, 0.3) is 10.8 Å². The minimum absolute atomic E-state index is 0.0863. The van der Waals surface area contributed by atoms with Crippen molar-refractivity contribution in [2.45, 2.75) is 25.9 Å². The fourth-order valence-electron chi connectivity index (χ4n) is 3.59. The number of hydrogen-bond donors (Lipinski definition) is 2. The van der Waals surface area contributed by atoms with Crippen molar-refractivity contribution in [3.63, 3.8) is 0 Å². The van der Waals surface area contributed by atoms with E-state index in [-0.39, 0.29) is 30.5 Å².